The van der Waals surface area contributed by atoms with E-state index in [0.717, 1.165) is 21.4 Å². The lowest BCUT2D eigenvalue weighted by molar-refractivity contribution is 0.279. The van der Waals surface area contributed by atoms with Crippen molar-refractivity contribution in [2.45, 2.75) is 6.61 Å². The standard InChI is InChI=1S/C12H9FN4OS/c13-7-5-15-12(17-11(7)14)18-6-10-16-8-3-1-2-4-9(8)19-10/h1-5H,6H2,(H2,14,15,17). The zero-order chi connectivity index (χ0) is 13.2. The highest BCUT2D eigenvalue weighted by Gasteiger charge is 2.07. The molecule has 7 heteroatoms. The molecule has 96 valence electrons. The smallest absolute Gasteiger partial charge is 0.318 e. The number of benzene rings is 1. The molecule has 0 fully saturated rings. The molecule has 0 bridgehead atoms. The second kappa shape index (κ2) is 4.77. The molecule has 5 nitrogen and oxygen atoms in total. The van der Waals surface area contributed by atoms with Gasteiger partial charge >= 0.3 is 6.01 Å². The maximum atomic E-state index is 12.9. The Bertz CT molecular complexity index is 698. The number of nitrogens with zero attached hydrogens (tertiary/aromatic N) is 3. The molecule has 3 aromatic rings. The fraction of sp³-hybridized carbons (Fsp3) is 0.0833. The number of aromatic nitrogens is 3. The predicted molar refractivity (Wildman–Crippen MR) is 70.4 cm³/mol. The van der Waals surface area contributed by atoms with E-state index in [4.69, 9.17) is 10.5 Å². The van der Waals surface area contributed by atoms with Crippen LogP contribution in [0.4, 0.5) is 10.2 Å². The molecule has 0 spiro atoms. The Morgan fingerprint density at radius 1 is 1.26 bits per heavy atom. The Labute approximate surface area is 111 Å². The number of ether oxygens (including phenoxy) is 1. The number of fused-ring (bicyclic) bond motifs is 1. The minimum atomic E-state index is -0.660. The van der Waals surface area contributed by atoms with Crippen LogP contribution in [0.5, 0.6) is 6.01 Å². The zero-order valence-electron chi connectivity index (χ0n) is 9.71. The number of rotatable bonds is 3. The first-order valence-corrected chi connectivity index (χ1v) is 6.29. The topological polar surface area (TPSA) is 73.9 Å². The summed E-state index contributed by atoms with van der Waals surface area (Å²) in [6.45, 7) is 0.227. The van der Waals surface area contributed by atoms with Crippen molar-refractivity contribution in [1.82, 2.24) is 15.0 Å². The molecule has 0 aliphatic heterocycles. The summed E-state index contributed by atoms with van der Waals surface area (Å²) in [5.74, 6) is -0.887. The van der Waals surface area contributed by atoms with E-state index in [2.05, 4.69) is 15.0 Å². The summed E-state index contributed by atoms with van der Waals surface area (Å²) < 4.78 is 19.3. The van der Waals surface area contributed by atoms with Crippen molar-refractivity contribution in [1.29, 1.82) is 0 Å². The van der Waals surface area contributed by atoms with Crippen molar-refractivity contribution in [3.8, 4) is 6.01 Å². The summed E-state index contributed by atoms with van der Waals surface area (Å²) in [5.41, 5.74) is 6.25. The molecule has 3 rings (SSSR count). The van der Waals surface area contributed by atoms with Crippen LogP contribution in [-0.4, -0.2) is 15.0 Å². The van der Waals surface area contributed by atoms with E-state index in [1.807, 2.05) is 24.3 Å². The number of thiazole rings is 1. The third-order valence-corrected chi connectivity index (χ3v) is 3.42. The second-order valence-electron chi connectivity index (χ2n) is 3.75. The van der Waals surface area contributed by atoms with E-state index in [1.54, 1.807) is 0 Å². The average molecular weight is 276 g/mol. The maximum absolute atomic E-state index is 12.9. The van der Waals surface area contributed by atoms with Crippen LogP contribution in [0.25, 0.3) is 10.2 Å². The molecule has 2 heterocycles. The fourth-order valence-electron chi connectivity index (χ4n) is 1.54. The molecule has 2 aromatic heterocycles. The van der Waals surface area contributed by atoms with E-state index in [-0.39, 0.29) is 18.4 Å². The van der Waals surface area contributed by atoms with Gasteiger partial charge in [-0.1, -0.05) is 12.1 Å². The summed E-state index contributed by atoms with van der Waals surface area (Å²) in [7, 11) is 0. The van der Waals surface area contributed by atoms with Crippen LogP contribution in [0, 0.1) is 5.82 Å². The molecule has 0 radical (unpaired) electrons. The quantitative estimate of drug-likeness (QED) is 0.795. The van der Waals surface area contributed by atoms with Crippen molar-refractivity contribution in [3.63, 3.8) is 0 Å². The highest BCUT2D eigenvalue weighted by Crippen LogP contribution is 2.22. The summed E-state index contributed by atoms with van der Waals surface area (Å²) in [6, 6.07) is 7.84. The summed E-state index contributed by atoms with van der Waals surface area (Å²) >= 11 is 1.53. The monoisotopic (exact) mass is 276 g/mol. The van der Waals surface area contributed by atoms with Gasteiger partial charge in [-0.2, -0.15) is 4.98 Å². The largest absolute Gasteiger partial charge is 0.456 e. The van der Waals surface area contributed by atoms with E-state index in [0.29, 0.717) is 0 Å². The number of hydrogen-bond acceptors (Lipinski definition) is 6. The first-order chi connectivity index (χ1) is 9.22. The van der Waals surface area contributed by atoms with Crippen molar-refractivity contribution in [2.75, 3.05) is 5.73 Å². The number of nitrogens with two attached hydrogens (primary N) is 1. The van der Waals surface area contributed by atoms with Gasteiger partial charge in [0.15, 0.2) is 11.6 Å². The second-order valence-corrected chi connectivity index (χ2v) is 4.86. The van der Waals surface area contributed by atoms with Crippen molar-refractivity contribution in [3.05, 3.63) is 41.3 Å². The Morgan fingerprint density at radius 3 is 2.89 bits per heavy atom. The summed E-state index contributed by atoms with van der Waals surface area (Å²) in [4.78, 5) is 11.8. The maximum Gasteiger partial charge on any atom is 0.318 e. The first-order valence-electron chi connectivity index (χ1n) is 5.47. The Kier molecular flexibility index (Phi) is 2.96. The number of halogens is 1. The van der Waals surface area contributed by atoms with E-state index >= 15 is 0 Å². The predicted octanol–water partition coefficient (Wildman–Crippen LogP) is 2.39. The van der Waals surface area contributed by atoms with Crippen LogP contribution >= 0.6 is 11.3 Å². The third-order valence-electron chi connectivity index (χ3n) is 2.41. The van der Waals surface area contributed by atoms with Crippen molar-refractivity contribution >= 4 is 27.4 Å². The van der Waals surface area contributed by atoms with Crippen LogP contribution in [0.3, 0.4) is 0 Å². The molecule has 0 atom stereocenters. The number of anilines is 1. The highest BCUT2D eigenvalue weighted by molar-refractivity contribution is 7.18. The van der Waals surface area contributed by atoms with Gasteiger partial charge in [0.05, 0.1) is 16.4 Å². The zero-order valence-corrected chi connectivity index (χ0v) is 10.5. The third kappa shape index (κ3) is 2.45. The molecular formula is C12H9FN4OS. The van der Waals surface area contributed by atoms with Gasteiger partial charge in [-0.25, -0.2) is 14.4 Å². The van der Waals surface area contributed by atoms with Gasteiger partial charge < -0.3 is 10.5 Å². The molecule has 2 N–H and O–H groups in total. The van der Waals surface area contributed by atoms with Gasteiger partial charge in [0.2, 0.25) is 0 Å². The number of para-hydroxylation sites is 1. The molecule has 1 aromatic carbocycles. The Morgan fingerprint density at radius 2 is 2.11 bits per heavy atom. The van der Waals surface area contributed by atoms with Crippen LogP contribution in [0.1, 0.15) is 5.01 Å². The molecular weight excluding hydrogens is 267 g/mol. The minimum Gasteiger partial charge on any atom is -0.456 e. The van der Waals surface area contributed by atoms with Crippen molar-refractivity contribution < 1.29 is 9.13 Å². The molecule has 0 aliphatic carbocycles. The molecule has 0 saturated heterocycles. The lowest BCUT2D eigenvalue weighted by Crippen LogP contribution is -2.03. The van der Waals surface area contributed by atoms with Crippen LogP contribution in [-0.2, 0) is 6.61 Å². The summed E-state index contributed by atoms with van der Waals surface area (Å²) in [5, 5.41) is 0.799. The van der Waals surface area contributed by atoms with E-state index in [9.17, 15) is 4.39 Å². The Balaban J connectivity index is 1.76. The van der Waals surface area contributed by atoms with Crippen LogP contribution in [0.15, 0.2) is 30.5 Å². The van der Waals surface area contributed by atoms with Gasteiger partial charge in [-0.3, -0.25) is 0 Å². The van der Waals surface area contributed by atoms with Crippen molar-refractivity contribution in [2.24, 2.45) is 0 Å². The highest BCUT2D eigenvalue weighted by atomic mass is 32.1. The molecule has 0 unspecified atom stereocenters. The van der Waals surface area contributed by atoms with Crippen LogP contribution in [0.2, 0.25) is 0 Å². The van der Waals surface area contributed by atoms with E-state index < -0.39 is 5.82 Å². The first kappa shape index (κ1) is 11.8. The number of hydrogen-bond donors (Lipinski definition) is 1. The normalized spacial score (nSPS) is 10.8. The molecule has 19 heavy (non-hydrogen) atoms. The number of nitrogen functional groups attached to an aromatic ring is 1. The fourth-order valence-corrected chi connectivity index (χ4v) is 2.42. The molecule has 0 amide bonds. The lowest BCUT2D eigenvalue weighted by Gasteiger charge is -2.02. The SMILES string of the molecule is Nc1nc(OCc2nc3ccccc3s2)ncc1F. The van der Waals surface area contributed by atoms with E-state index in [1.165, 1.54) is 11.3 Å². The summed E-state index contributed by atoms with van der Waals surface area (Å²) in [6.07, 6.45) is 0.982. The Hall–Kier alpha value is -2.28. The molecule has 0 saturated carbocycles. The molecule has 0 aliphatic rings. The van der Waals surface area contributed by atoms with Crippen LogP contribution < -0.4 is 10.5 Å². The van der Waals surface area contributed by atoms with Gasteiger partial charge in [-0.05, 0) is 12.1 Å². The van der Waals surface area contributed by atoms with Gasteiger partial charge in [-0.15, -0.1) is 11.3 Å². The average Bonchev–Trinajstić information content (AvgIpc) is 2.83. The van der Waals surface area contributed by atoms with Gasteiger partial charge in [0.25, 0.3) is 0 Å². The van der Waals surface area contributed by atoms with Gasteiger partial charge in [0, 0.05) is 0 Å². The minimum absolute atomic E-state index is 0.0400. The van der Waals surface area contributed by atoms with Gasteiger partial charge in [0.1, 0.15) is 11.6 Å². The lowest BCUT2D eigenvalue weighted by atomic mass is 10.3.